The van der Waals surface area contributed by atoms with Crippen molar-refractivity contribution in [3.8, 4) is 0 Å². The lowest BCUT2D eigenvalue weighted by molar-refractivity contribution is 0.162. The lowest BCUT2D eigenvalue weighted by Crippen LogP contribution is -2.46. The van der Waals surface area contributed by atoms with Gasteiger partial charge in [0.2, 0.25) is 0 Å². The van der Waals surface area contributed by atoms with Gasteiger partial charge in [0, 0.05) is 18.7 Å². The van der Waals surface area contributed by atoms with Gasteiger partial charge < -0.3 is 15.3 Å². The molecule has 3 unspecified atom stereocenters. The van der Waals surface area contributed by atoms with E-state index in [0.29, 0.717) is 12.5 Å². The first-order chi connectivity index (χ1) is 8.33. The molecule has 3 heteroatoms. The second-order valence-corrected chi connectivity index (χ2v) is 5.75. The standard InChI is InChI=1S/C14H28N2O/c1-2-12(6-9-17)11-15-13-5-8-16-7-3-4-14(16)10-13/h12-15,17H,2-11H2,1H3. The zero-order chi connectivity index (χ0) is 12.1. The van der Waals surface area contributed by atoms with Crippen molar-refractivity contribution < 1.29 is 5.11 Å². The van der Waals surface area contributed by atoms with Crippen LogP contribution in [0, 0.1) is 5.92 Å². The summed E-state index contributed by atoms with van der Waals surface area (Å²) in [7, 11) is 0. The van der Waals surface area contributed by atoms with Crippen molar-refractivity contribution in [1.82, 2.24) is 10.2 Å². The second kappa shape index (κ2) is 6.72. The van der Waals surface area contributed by atoms with E-state index in [9.17, 15) is 0 Å². The van der Waals surface area contributed by atoms with E-state index < -0.39 is 0 Å². The van der Waals surface area contributed by atoms with E-state index in [1.54, 1.807) is 0 Å². The van der Waals surface area contributed by atoms with E-state index in [1.165, 1.54) is 45.2 Å². The van der Waals surface area contributed by atoms with E-state index in [2.05, 4.69) is 17.1 Å². The van der Waals surface area contributed by atoms with Crippen molar-refractivity contribution in [2.24, 2.45) is 5.92 Å². The van der Waals surface area contributed by atoms with Crippen molar-refractivity contribution in [2.75, 3.05) is 26.2 Å². The molecule has 17 heavy (non-hydrogen) atoms. The summed E-state index contributed by atoms with van der Waals surface area (Å²) in [6.45, 7) is 6.27. The number of piperidine rings is 1. The zero-order valence-corrected chi connectivity index (χ0v) is 11.2. The van der Waals surface area contributed by atoms with Crippen LogP contribution in [0.25, 0.3) is 0 Å². The topological polar surface area (TPSA) is 35.5 Å². The molecule has 2 fully saturated rings. The molecule has 2 N–H and O–H groups in total. The maximum absolute atomic E-state index is 8.99. The van der Waals surface area contributed by atoms with Crippen molar-refractivity contribution in [3.05, 3.63) is 0 Å². The molecule has 0 aromatic rings. The van der Waals surface area contributed by atoms with Crippen LogP contribution < -0.4 is 5.32 Å². The fourth-order valence-corrected chi connectivity index (χ4v) is 3.38. The number of aliphatic hydroxyl groups is 1. The summed E-state index contributed by atoms with van der Waals surface area (Å²) in [6.07, 6.45) is 7.59. The summed E-state index contributed by atoms with van der Waals surface area (Å²) in [5.74, 6) is 0.654. The van der Waals surface area contributed by atoms with Crippen molar-refractivity contribution >= 4 is 0 Å². The molecule has 2 saturated heterocycles. The van der Waals surface area contributed by atoms with Gasteiger partial charge in [-0.25, -0.2) is 0 Å². The van der Waals surface area contributed by atoms with Crippen LogP contribution in [0.5, 0.6) is 0 Å². The Bertz CT molecular complexity index is 222. The zero-order valence-electron chi connectivity index (χ0n) is 11.2. The van der Waals surface area contributed by atoms with Crippen LogP contribution in [0.3, 0.4) is 0 Å². The van der Waals surface area contributed by atoms with Gasteiger partial charge in [-0.1, -0.05) is 13.3 Å². The summed E-state index contributed by atoms with van der Waals surface area (Å²) in [5, 5.41) is 12.7. The fraction of sp³-hybridized carbons (Fsp3) is 1.00. The predicted molar refractivity (Wildman–Crippen MR) is 71.1 cm³/mol. The van der Waals surface area contributed by atoms with Gasteiger partial charge in [0.25, 0.3) is 0 Å². The summed E-state index contributed by atoms with van der Waals surface area (Å²) < 4.78 is 0. The molecule has 0 radical (unpaired) electrons. The number of aliphatic hydroxyl groups excluding tert-OH is 1. The molecule has 0 spiro atoms. The maximum Gasteiger partial charge on any atom is 0.0434 e. The van der Waals surface area contributed by atoms with Gasteiger partial charge in [0.15, 0.2) is 0 Å². The lowest BCUT2D eigenvalue weighted by Gasteiger charge is -2.35. The minimum absolute atomic E-state index is 0.335. The number of nitrogens with one attached hydrogen (secondary N) is 1. The summed E-state index contributed by atoms with van der Waals surface area (Å²) >= 11 is 0. The number of hydrogen-bond acceptors (Lipinski definition) is 3. The summed E-state index contributed by atoms with van der Waals surface area (Å²) in [4.78, 5) is 2.67. The van der Waals surface area contributed by atoms with Gasteiger partial charge in [0.1, 0.15) is 0 Å². The highest BCUT2D eigenvalue weighted by Gasteiger charge is 2.31. The Labute approximate surface area is 106 Å². The first-order valence-corrected chi connectivity index (χ1v) is 7.41. The van der Waals surface area contributed by atoms with Gasteiger partial charge in [-0.2, -0.15) is 0 Å². The highest BCUT2D eigenvalue weighted by atomic mass is 16.3. The molecule has 0 amide bonds. The number of hydrogen-bond donors (Lipinski definition) is 2. The molecule has 3 nitrogen and oxygen atoms in total. The molecule has 100 valence electrons. The average molecular weight is 240 g/mol. The van der Waals surface area contributed by atoms with Crippen LogP contribution in [-0.4, -0.2) is 48.3 Å². The smallest absolute Gasteiger partial charge is 0.0434 e. The molecular formula is C14H28N2O. The second-order valence-electron chi connectivity index (χ2n) is 5.75. The minimum Gasteiger partial charge on any atom is -0.396 e. The maximum atomic E-state index is 8.99. The monoisotopic (exact) mass is 240 g/mol. The van der Waals surface area contributed by atoms with E-state index in [-0.39, 0.29) is 0 Å². The third-order valence-corrected chi connectivity index (χ3v) is 4.63. The van der Waals surface area contributed by atoms with Gasteiger partial charge >= 0.3 is 0 Å². The molecule has 2 aliphatic rings. The van der Waals surface area contributed by atoms with Gasteiger partial charge in [-0.3, -0.25) is 0 Å². The third kappa shape index (κ3) is 3.67. The fourth-order valence-electron chi connectivity index (χ4n) is 3.38. The Morgan fingerprint density at radius 1 is 1.35 bits per heavy atom. The molecule has 0 aliphatic carbocycles. The first kappa shape index (κ1) is 13.3. The number of nitrogens with zero attached hydrogens (tertiary/aromatic N) is 1. The third-order valence-electron chi connectivity index (χ3n) is 4.63. The van der Waals surface area contributed by atoms with Crippen LogP contribution in [0.15, 0.2) is 0 Å². The van der Waals surface area contributed by atoms with E-state index in [1.807, 2.05) is 0 Å². The van der Waals surface area contributed by atoms with Crippen LogP contribution >= 0.6 is 0 Å². The van der Waals surface area contributed by atoms with E-state index in [0.717, 1.165) is 25.0 Å². The quantitative estimate of drug-likeness (QED) is 0.740. The number of rotatable bonds is 6. The van der Waals surface area contributed by atoms with Crippen molar-refractivity contribution in [1.29, 1.82) is 0 Å². The van der Waals surface area contributed by atoms with E-state index >= 15 is 0 Å². The Hall–Kier alpha value is -0.120. The first-order valence-electron chi connectivity index (χ1n) is 7.41. The molecule has 2 aliphatic heterocycles. The molecule has 2 rings (SSSR count). The molecule has 3 atom stereocenters. The normalized spacial score (nSPS) is 31.4. The predicted octanol–water partition coefficient (Wildman–Crippen LogP) is 1.61. The highest BCUT2D eigenvalue weighted by Crippen LogP contribution is 2.26. The van der Waals surface area contributed by atoms with Crippen LogP contribution in [0.2, 0.25) is 0 Å². The Morgan fingerprint density at radius 2 is 2.24 bits per heavy atom. The minimum atomic E-state index is 0.335. The summed E-state index contributed by atoms with van der Waals surface area (Å²) in [6, 6.07) is 1.58. The SMILES string of the molecule is CCC(CCO)CNC1CCN2CCCC2C1. The summed E-state index contributed by atoms with van der Waals surface area (Å²) in [5.41, 5.74) is 0. The molecule has 0 aromatic carbocycles. The van der Waals surface area contributed by atoms with Crippen molar-refractivity contribution in [3.63, 3.8) is 0 Å². The molecular weight excluding hydrogens is 212 g/mol. The van der Waals surface area contributed by atoms with Crippen LogP contribution in [0.4, 0.5) is 0 Å². The molecule has 0 saturated carbocycles. The Morgan fingerprint density at radius 3 is 3.00 bits per heavy atom. The molecule has 0 bridgehead atoms. The van der Waals surface area contributed by atoms with Gasteiger partial charge in [-0.05, 0) is 57.7 Å². The Kier molecular flexibility index (Phi) is 5.26. The highest BCUT2D eigenvalue weighted by molar-refractivity contribution is 4.89. The van der Waals surface area contributed by atoms with Crippen LogP contribution in [-0.2, 0) is 0 Å². The van der Waals surface area contributed by atoms with Gasteiger partial charge in [-0.15, -0.1) is 0 Å². The molecule has 2 heterocycles. The van der Waals surface area contributed by atoms with Gasteiger partial charge in [0.05, 0.1) is 0 Å². The van der Waals surface area contributed by atoms with E-state index in [4.69, 9.17) is 5.11 Å². The average Bonchev–Trinajstić information content (AvgIpc) is 2.81. The lowest BCUT2D eigenvalue weighted by atomic mass is 9.96. The molecule has 0 aromatic heterocycles. The van der Waals surface area contributed by atoms with Crippen molar-refractivity contribution in [2.45, 2.75) is 57.5 Å². The Balaban J connectivity index is 1.69. The largest absolute Gasteiger partial charge is 0.396 e. The van der Waals surface area contributed by atoms with Crippen LogP contribution in [0.1, 0.15) is 45.4 Å². The number of fused-ring (bicyclic) bond motifs is 1.